The maximum atomic E-state index is 12.8. The van der Waals surface area contributed by atoms with Gasteiger partial charge in [0.1, 0.15) is 0 Å². The van der Waals surface area contributed by atoms with Gasteiger partial charge in [-0.15, -0.1) is 11.3 Å². The van der Waals surface area contributed by atoms with Crippen LogP contribution in [-0.4, -0.2) is 34.9 Å². The van der Waals surface area contributed by atoms with Gasteiger partial charge in [0.05, 0.1) is 17.5 Å². The van der Waals surface area contributed by atoms with Crippen LogP contribution in [0.4, 0.5) is 11.4 Å². The van der Waals surface area contributed by atoms with Crippen molar-refractivity contribution in [1.29, 1.82) is 0 Å². The molecule has 1 saturated heterocycles. The van der Waals surface area contributed by atoms with E-state index in [2.05, 4.69) is 10.2 Å². The van der Waals surface area contributed by atoms with Crippen LogP contribution in [0.2, 0.25) is 0 Å². The Hall–Kier alpha value is -2.48. The van der Waals surface area contributed by atoms with Crippen molar-refractivity contribution in [2.75, 3.05) is 24.1 Å². The molecular formula is C23H26N3O4PS. The minimum absolute atomic E-state index is 0.139. The lowest BCUT2D eigenvalue weighted by Crippen LogP contribution is -2.35. The third kappa shape index (κ3) is 5.85. The number of carbonyl (C=O) groups excluding carboxylic acids is 1. The molecular weight excluding hydrogens is 445 g/mol. The van der Waals surface area contributed by atoms with Gasteiger partial charge in [-0.2, -0.15) is 0 Å². The number of amides is 1. The van der Waals surface area contributed by atoms with Crippen LogP contribution in [0.25, 0.3) is 10.4 Å². The maximum Gasteiger partial charge on any atom is 0.316 e. The zero-order valence-electron chi connectivity index (χ0n) is 17.5. The molecule has 0 aliphatic carbocycles. The number of hydrogen-bond donors (Lipinski definition) is 3. The molecule has 168 valence electrons. The summed E-state index contributed by atoms with van der Waals surface area (Å²) in [5, 5.41) is 4.94. The van der Waals surface area contributed by atoms with E-state index in [-0.39, 0.29) is 12.0 Å². The Balaban J connectivity index is 1.35. The molecule has 0 bridgehead atoms. The Morgan fingerprint density at radius 3 is 2.59 bits per heavy atom. The lowest BCUT2D eigenvalue weighted by molar-refractivity contribution is 0.0934. The van der Waals surface area contributed by atoms with Crippen LogP contribution >= 0.6 is 19.6 Å². The molecule has 4 rings (SSSR count). The summed E-state index contributed by atoms with van der Waals surface area (Å²) in [5.74, 6) is -0.205. The monoisotopic (exact) mass is 471 g/mol. The Bertz CT molecular complexity index is 1080. The standard InChI is InChI=1S/C23H26N3O4PS/c24-20-8-7-18(22-2-1-13-32-22)14-21(20)25-23(27)17-5-3-16(4-6-17)15-26-11-9-19(10-12-26)30-31(28)29/h1-8,13-14,19,31H,9-12,15,24H2,(H,25,27)(H,28,29). The van der Waals surface area contributed by atoms with Gasteiger partial charge < -0.3 is 20.5 Å². The average molecular weight is 472 g/mol. The lowest BCUT2D eigenvalue weighted by Gasteiger charge is -2.31. The molecule has 1 aliphatic rings. The van der Waals surface area contributed by atoms with Crippen molar-refractivity contribution in [3.8, 4) is 10.4 Å². The molecule has 1 atom stereocenters. The van der Waals surface area contributed by atoms with Gasteiger partial charge in [0, 0.05) is 30.1 Å². The van der Waals surface area contributed by atoms with Crippen molar-refractivity contribution in [2.24, 2.45) is 0 Å². The van der Waals surface area contributed by atoms with Crippen LogP contribution in [0.15, 0.2) is 60.0 Å². The fraction of sp³-hybridized carbons (Fsp3) is 0.261. The van der Waals surface area contributed by atoms with Gasteiger partial charge in [-0.3, -0.25) is 14.3 Å². The molecule has 3 aromatic rings. The van der Waals surface area contributed by atoms with E-state index in [0.29, 0.717) is 16.9 Å². The van der Waals surface area contributed by atoms with Crippen molar-refractivity contribution in [3.05, 3.63) is 71.1 Å². The topological polar surface area (TPSA) is 105 Å². The first-order valence-electron chi connectivity index (χ1n) is 10.4. The van der Waals surface area contributed by atoms with Crippen LogP contribution in [-0.2, 0) is 15.6 Å². The minimum atomic E-state index is -2.87. The summed E-state index contributed by atoms with van der Waals surface area (Å²) in [4.78, 5) is 25.1. The van der Waals surface area contributed by atoms with Gasteiger partial charge in [0.25, 0.3) is 5.91 Å². The molecule has 1 aromatic heterocycles. The summed E-state index contributed by atoms with van der Waals surface area (Å²) in [7, 11) is -2.87. The number of hydrogen-bond acceptors (Lipinski definition) is 6. The van der Waals surface area contributed by atoms with E-state index >= 15 is 0 Å². The molecule has 32 heavy (non-hydrogen) atoms. The van der Waals surface area contributed by atoms with E-state index in [9.17, 15) is 9.36 Å². The largest absolute Gasteiger partial charge is 0.397 e. The second kappa shape index (κ2) is 10.4. The molecule has 4 N–H and O–H groups in total. The fourth-order valence-corrected chi connectivity index (χ4v) is 5.05. The van der Waals surface area contributed by atoms with Gasteiger partial charge in [0.2, 0.25) is 0 Å². The Morgan fingerprint density at radius 1 is 1.19 bits per heavy atom. The smallest absolute Gasteiger partial charge is 0.316 e. The van der Waals surface area contributed by atoms with Crippen LogP contribution in [0.3, 0.4) is 0 Å². The average Bonchev–Trinajstić information content (AvgIpc) is 3.32. The molecule has 2 heterocycles. The molecule has 9 heteroatoms. The number of nitrogens with one attached hydrogen (secondary N) is 1. The van der Waals surface area contributed by atoms with Crippen LogP contribution < -0.4 is 11.1 Å². The number of nitrogens with zero attached hydrogens (tertiary/aromatic N) is 1. The van der Waals surface area contributed by atoms with E-state index in [4.69, 9.17) is 15.2 Å². The number of nitrogen functional groups attached to an aromatic ring is 1. The SMILES string of the molecule is Nc1ccc(-c2cccs2)cc1NC(=O)c1ccc(CN2CCC(O[PH](=O)O)CC2)cc1. The first kappa shape index (κ1) is 22.7. The van der Waals surface area contributed by atoms with Crippen molar-refractivity contribution in [3.63, 3.8) is 0 Å². The molecule has 2 aromatic carbocycles. The third-order valence-corrected chi connectivity index (χ3v) is 6.99. The highest BCUT2D eigenvalue weighted by Crippen LogP contribution is 2.30. The zero-order valence-corrected chi connectivity index (χ0v) is 19.3. The van der Waals surface area contributed by atoms with Gasteiger partial charge >= 0.3 is 8.25 Å². The lowest BCUT2D eigenvalue weighted by atomic mass is 10.1. The normalized spacial score (nSPS) is 16.0. The summed E-state index contributed by atoms with van der Waals surface area (Å²) in [5.41, 5.74) is 9.88. The number of piperidine rings is 1. The molecule has 0 radical (unpaired) electrons. The Labute approximate surface area is 191 Å². The van der Waals surface area contributed by atoms with E-state index < -0.39 is 8.25 Å². The van der Waals surface area contributed by atoms with Gasteiger partial charge in [-0.05, 0) is 59.7 Å². The number of rotatable bonds is 7. The summed E-state index contributed by atoms with van der Waals surface area (Å²) in [6.45, 7) is 2.38. The van der Waals surface area contributed by atoms with Crippen molar-refractivity contribution >= 4 is 36.9 Å². The van der Waals surface area contributed by atoms with Crippen LogP contribution in [0.5, 0.6) is 0 Å². The molecule has 1 aliphatic heterocycles. The van der Waals surface area contributed by atoms with Crippen molar-refractivity contribution < 1.29 is 18.8 Å². The van der Waals surface area contributed by atoms with Crippen LogP contribution in [0, 0.1) is 0 Å². The quantitative estimate of drug-likeness (QED) is 0.343. The number of nitrogens with two attached hydrogens (primary N) is 1. The number of benzene rings is 2. The summed E-state index contributed by atoms with van der Waals surface area (Å²) in [6, 6.07) is 17.2. The predicted molar refractivity (Wildman–Crippen MR) is 129 cm³/mol. The molecule has 1 amide bonds. The van der Waals surface area contributed by atoms with Gasteiger partial charge in [-0.25, -0.2) is 0 Å². The second-order valence-corrected chi connectivity index (χ2v) is 9.50. The number of thiophene rings is 1. The molecule has 1 unspecified atom stereocenters. The van der Waals surface area contributed by atoms with Crippen molar-refractivity contribution in [1.82, 2.24) is 4.90 Å². The minimum Gasteiger partial charge on any atom is -0.397 e. The summed E-state index contributed by atoms with van der Waals surface area (Å²) < 4.78 is 15.9. The van der Waals surface area contributed by atoms with E-state index in [0.717, 1.165) is 48.5 Å². The van der Waals surface area contributed by atoms with Crippen molar-refractivity contribution in [2.45, 2.75) is 25.5 Å². The van der Waals surface area contributed by atoms with Gasteiger partial charge in [0.15, 0.2) is 0 Å². The van der Waals surface area contributed by atoms with E-state index in [1.165, 1.54) is 0 Å². The number of anilines is 2. The van der Waals surface area contributed by atoms with E-state index in [1.54, 1.807) is 17.4 Å². The molecule has 1 fully saturated rings. The Kier molecular flexibility index (Phi) is 7.40. The summed E-state index contributed by atoms with van der Waals surface area (Å²) in [6.07, 6.45) is 1.34. The number of likely N-dealkylation sites (tertiary alicyclic amines) is 1. The molecule has 0 saturated carbocycles. The predicted octanol–water partition coefficient (Wildman–Crippen LogP) is 4.61. The maximum absolute atomic E-state index is 12.8. The molecule has 0 spiro atoms. The number of carbonyl (C=O) groups is 1. The fourth-order valence-electron chi connectivity index (χ4n) is 3.80. The third-order valence-electron chi connectivity index (χ3n) is 5.53. The second-order valence-electron chi connectivity index (χ2n) is 7.79. The highest BCUT2D eigenvalue weighted by molar-refractivity contribution is 7.32. The highest BCUT2D eigenvalue weighted by atomic mass is 32.1. The van der Waals surface area contributed by atoms with Gasteiger partial charge in [-0.1, -0.05) is 24.3 Å². The first-order chi connectivity index (χ1) is 15.5. The first-order valence-corrected chi connectivity index (χ1v) is 12.6. The Morgan fingerprint density at radius 2 is 1.94 bits per heavy atom. The summed E-state index contributed by atoms with van der Waals surface area (Å²) >= 11 is 1.64. The highest BCUT2D eigenvalue weighted by Gasteiger charge is 2.21. The molecule has 7 nitrogen and oxygen atoms in total. The van der Waals surface area contributed by atoms with E-state index in [1.807, 2.05) is 53.9 Å². The van der Waals surface area contributed by atoms with Crippen LogP contribution in [0.1, 0.15) is 28.8 Å². The zero-order chi connectivity index (χ0) is 22.5.